The summed E-state index contributed by atoms with van der Waals surface area (Å²) in [5, 5.41) is 3.24. The van der Waals surface area contributed by atoms with Crippen LogP contribution in [0.1, 0.15) is 34.7 Å². The number of amides is 2. The van der Waals surface area contributed by atoms with E-state index in [1.54, 1.807) is 6.20 Å². The fourth-order valence-corrected chi connectivity index (χ4v) is 2.75. The molecule has 1 fully saturated rings. The van der Waals surface area contributed by atoms with E-state index in [4.69, 9.17) is 0 Å². The van der Waals surface area contributed by atoms with E-state index in [2.05, 4.69) is 5.32 Å². The minimum absolute atomic E-state index is 0.213. The van der Waals surface area contributed by atoms with Crippen molar-refractivity contribution < 1.29 is 14.4 Å². The van der Waals surface area contributed by atoms with Crippen molar-refractivity contribution in [3.8, 4) is 0 Å². The van der Waals surface area contributed by atoms with Crippen LogP contribution in [-0.2, 0) is 16.6 Å². The molecule has 0 bridgehead atoms. The Labute approximate surface area is 115 Å². The Hall–Kier alpha value is -2.43. The van der Waals surface area contributed by atoms with E-state index in [0.29, 0.717) is 18.4 Å². The fourth-order valence-electron chi connectivity index (χ4n) is 2.75. The minimum Gasteiger partial charge on any atom is -0.350 e. The van der Waals surface area contributed by atoms with Crippen molar-refractivity contribution >= 4 is 29.0 Å². The number of nitrogens with one attached hydrogen (secondary N) is 1. The highest BCUT2D eigenvalue weighted by atomic mass is 16.2. The maximum atomic E-state index is 11.9. The Morgan fingerprint density at radius 3 is 2.85 bits per heavy atom. The van der Waals surface area contributed by atoms with Crippen molar-refractivity contribution in [2.45, 2.75) is 18.8 Å². The van der Waals surface area contributed by atoms with Crippen LogP contribution in [0.2, 0.25) is 0 Å². The van der Waals surface area contributed by atoms with Gasteiger partial charge < -0.3 is 4.57 Å². The highest BCUT2D eigenvalue weighted by molar-refractivity contribution is 6.02. The number of imide groups is 1. The Balaban J connectivity index is 2.05. The summed E-state index contributed by atoms with van der Waals surface area (Å²) in [4.78, 5) is 34.1. The number of aromatic nitrogens is 1. The van der Waals surface area contributed by atoms with Gasteiger partial charge in [-0.15, -0.1) is 0 Å². The predicted molar refractivity (Wildman–Crippen MR) is 73.4 cm³/mol. The van der Waals surface area contributed by atoms with Gasteiger partial charge in [-0.1, -0.05) is 12.1 Å². The van der Waals surface area contributed by atoms with Crippen LogP contribution in [0.5, 0.6) is 0 Å². The molecule has 102 valence electrons. The third-order valence-corrected chi connectivity index (χ3v) is 3.81. The lowest BCUT2D eigenvalue weighted by molar-refractivity contribution is -0.134. The summed E-state index contributed by atoms with van der Waals surface area (Å²) in [6, 6.07) is 5.63. The van der Waals surface area contributed by atoms with Crippen LogP contribution in [0.4, 0.5) is 0 Å². The maximum absolute atomic E-state index is 11.9. The van der Waals surface area contributed by atoms with E-state index < -0.39 is 0 Å². The summed E-state index contributed by atoms with van der Waals surface area (Å²) in [6.45, 7) is 0. The lowest BCUT2D eigenvalue weighted by Gasteiger charge is -2.21. The van der Waals surface area contributed by atoms with E-state index in [9.17, 15) is 14.4 Å². The number of piperidine rings is 1. The number of rotatable bonds is 2. The topological polar surface area (TPSA) is 68.2 Å². The molecule has 20 heavy (non-hydrogen) atoms. The van der Waals surface area contributed by atoms with E-state index in [1.807, 2.05) is 29.8 Å². The number of carbonyl (C=O) groups excluding carboxylic acids is 3. The summed E-state index contributed by atoms with van der Waals surface area (Å²) in [7, 11) is 1.86. The summed E-state index contributed by atoms with van der Waals surface area (Å²) in [5.74, 6) is -0.758. The van der Waals surface area contributed by atoms with E-state index in [1.165, 1.54) is 0 Å². The summed E-state index contributed by atoms with van der Waals surface area (Å²) in [6.07, 6.45) is 3.49. The van der Waals surface area contributed by atoms with Crippen LogP contribution in [0.25, 0.3) is 10.9 Å². The number of aryl methyl sites for hydroxylation is 1. The Kier molecular flexibility index (Phi) is 2.89. The van der Waals surface area contributed by atoms with Crippen LogP contribution in [0, 0.1) is 0 Å². The lowest BCUT2D eigenvalue weighted by Crippen LogP contribution is -2.39. The van der Waals surface area contributed by atoms with Crippen LogP contribution in [0.15, 0.2) is 24.4 Å². The van der Waals surface area contributed by atoms with Gasteiger partial charge in [0.05, 0.1) is 5.92 Å². The van der Waals surface area contributed by atoms with Crippen LogP contribution >= 0.6 is 0 Å². The zero-order valence-corrected chi connectivity index (χ0v) is 11.1. The fraction of sp³-hybridized carbons (Fsp3) is 0.267. The van der Waals surface area contributed by atoms with Crippen molar-refractivity contribution in [2.75, 3.05) is 0 Å². The summed E-state index contributed by atoms with van der Waals surface area (Å²) in [5.41, 5.74) is 2.42. The number of hydrogen-bond donors (Lipinski definition) is 1. The Morgan fingerprint density at radius 1 is 1.35 bits per heavy atom. The molecule has 1 aliphatic heterocycles. The molecule has 1 unspecified atom stereocenters. The normalized spacial score (nSPS) is 19.1. The first-order valence-corrected chi connectivity index (χ1v) is 6.48. The number of aldehydes is 1. The second-order valence-electron chi connectivity index (χ2n) is 5.09. The number of nitrogens with zero attached hydrogens (tertiary/aromatic N) is 1. The third-order valence-electron chi connectivity index (χ3n) is 3.81. The Bertz CT molecular complexity index is 730. The molecule has 2 heterocycles. The second-order valence-corrected chi connectivity index (χ2v) is 5.09. The van der Waals surface area contributed by atoms with Gasteiger partial charge in [-0.2, -0.15) is 0 Å². The zero-order chi connectivity index (χ0) is 14.3. The van der Waals surface area contributed by atoms with Gasteiger partial charge >= 0.3 is 0 Å². The van der Waals surface area contributed by atoms with Crippen molar-refractivity contribution in [1.82, 2.24) is 9.88 Å². The highest BCUT2D eigenvalue weighted by Crippen LogP contribution is 2.29. The zero-order valence-electron chi connectivity index (χ0n) is 11.1. The SMILES string of the molecule is Cn1cc(C=O)c2ccc(C3CCC(=O)NC3=O)cc21. The molecule has 2 amide bonds. The van der Waals surface area contributed by atoms with Gasteiger partial charge in [0.2, 0.25) is 11.8 Å². The monoisotopic (exact) mass is 270 g/mol. The van der Waals surface area contributed by atoms with Crippen LogP contribution < -0.4 is 5.32 Å². The van der Waals surface area contributed by atoms with Gasteiger partial charge in [-0.3, -0.25) is 19.7 Å². The number of carbonyl (C=O) groups is 3. The average molecular weight is 270 g/mol. The molecular weight excluding hydrogens is 256 g/mol. The molecule has 1 N–H and O–H groups in total. The van der Waals surface area contributed by atoms with Crippen molar-refractivity contribution in [1.29, 1.82) is 0 Å². The van der Waals surface area contributed by atoms with Crippen molar-refractivity contribution in [2.24, 2.45) is 7.05 Å². The molecule has 1 atom stereocenters. The summed E-state index contributed by atoms with van der Waals surface area (Å²) >= 11 is 0. The molecule has 0 saturated carbocycles. The standard InChI is InChI=1S/C15H14N2O3/c1-17-7-10(8-18)11-3-2-9(6-13(11)17)12-4-5-14(19)16-15(12)20/h2-3,6-8,12H,4-5H2,1H3,(H,16,19,20). The van der Waals surface area contributed by atoms with Gasteiger partial charge in [-0.25, -0.2) is 0 Å². The molecule has 3 rings (SSSR count). The van der Waals surface area contributed by atoms with Gasteiger partial charge in [-0.05, 0) is 18.1 Å². The average Bonchev–Trinajstić information content (AvgIpc) is 2.75. The van der Waals surface area contributed by atoms with Crippen molar-refractivity contribution in [3.05, 3.63) is 35.5 Å². The van der Waals surface area contributed by atoms with E-state index in [-0.39, 0.29) is 17.7 Å². The smallest absolute Gasteiger partial charge is 0.234 e. The first-order valence-electron chi connectivity index (χ1n) is 6.48. The van der Waals surface area contributed by atoms with Crippen LogP contribution in [0.3, 0.4) is 0 Å². The molecule has 1 aromatic heterocycles. The summed E-state index contributed by atoms with van der Waals surface area (Å²) < 4.78 is 1.87. The highest BCUT2D eigenvalue weighted by Gasteiger charge is 2.28. The molecule has 0 spiro atoms. The minimum atomic E-state index is -0.299. The molecular formula is C15H14N2O3. The largest absolute Gasteiger partial charge is 0.350 e. The maximum Gasteiger partial charge on any atom is 0.234 e. The molecule has 1 aliphatic rings. The third kappa shape index (κ3) is 1.91. The van der Waals surface area contributed by atoms with Gasteiger partial charge in [0.25, 0.3) is 0 Å². The van der Waals surface area contributed by atoms with Gasteiger partial charge in [0, 0.05) is 36.1 Å². The molecule has 5 nitrogen and oxygen atoms in total. The predicted octanol–water partition coefficient (Wildman–Crippen LogP) is 1.51. The lowest BCUT2D eigenvalue weighted by atomic mass is 9.90. The first kappa shape index (κ1) is 12.6. The molecule has 1 saturated heterocycles. The molecule has 0 radical (unpaired) electrons. The Morgan fingerprint density at radius 2 is 2.15 bits per heavy atom. The van der Waals surface area contributed by atoms with E-state index >= 15 is 0 Å². The molecule has 2 aromatic rings. The van der Waals surface area contributed by atoms with Crippen molar-refractivity contribution in [3.63, 3.8) is 0 Å². The molecule has 5 heteroatoms. The first-order chi connectivity index (χ1) is 9.60. The number of fused-ring (bicyclic) bond motifs is 1. The van der Waals surface area contributed by atoms with Gasteiger partial charge in [0.1, 0.15) is 0 Å². The number of benzene rings is 1. The quantitative estimate of drug-likeness (QED) is 0.664. The van der Waals surface area contributed by atoms with E-state index in [0.717, 1.165) is 22.8 Å². The van der Waals surface area contributed by atoms with Crippen LogP contribution in [-0.4, -0.2) is 22.7 Å². The number of hydrogen-bond acceptors (Lipinski definition) is 3. The second kappa shape index (κ2) is 4.59. The van der Waals surface area contributed by atoms with Gasteiger partial charge in [0.15, 0.2) is 6.29 Å². The molecule has 1 aromatic carbocycles. The molecule has 0 aliphatic carbocycles.